The Balaban J connectivity index is 2.63. The largest absolute Gasteiger partial charge is 0.481 e. The number of Topliss-reactive ketones (excluding diaryl/α,β-unsaturated/α-hetero) is 1. The van der Waals surface area contributed by atoms with Gasteiger partial charge >= 0.3 is 0 Å². The lowest BCUT2D eigenvalue weighted by Gasteiger charge is -2.26. The molecule has 1 aromatic carbocycles. The highest BCUT2D eigenvalue weighted by Crippen LogP contribution is 2.15. The Morgan fingerprint density at radius 3 is 2.25 bits per heavy atom. The Morgan fingerprint density at radius 1 is 1.25 bits per heavy atom. The third kappa shape index (κ3) is 4.68. The molecule has 1 aromatic rings. The van der Waals surface area contributed by atoms with Gasteiger partial charge in [-0.1, -0.05) is 6.92 Å². The number of benzene rings is 1. The smallest absolute Gasteiger partial charge is 0.261 e. The zero-order chi connectivity index (χ0) is 15.3. The number of amides is 1. The zero-order valence-electron chi connectivity index (χ0n) is 12.8. The van der Waals surface area contributed by atoms with Crippen LogP contribution in [0.2, 0.25) is 0 Å². The molecule has 0 saturated carbocycles. The van der Waals surface area contributed by atoms with Crippen LogP contribution in [0.1, 0.15) is 51.4 Å². The average Bonchev–Trinajstić information content (AvgIpc) is 2.38. The molecule has 1 N–H and O–H groups in total. The number of rotatable bonds is 6. The summed E-state index contributed by atoms with van der Waals surface area (Å²) in [5.41, 5.74) is 0.384. The van der Waals surface area contributed by atoms with E-state index in [4.69, 9.17) is 4.74 Å². The highest BCUT2D eigenvalue weighted by molar-refractivity contribution is 5.94. The van der Waals surface area contributed by atoms with Crippen LogP contribution in [0.3, 0.4) is 0 Å². The molecule has 0 aliphatic heterocycles. The second-order valence-corrected chi connectivity index (χ2v) is 5.57. The summed E-state index contributed by atoms with van der Waals surface area (Å²) in [5, 5.41) is 2.94. The molecule has 0 aliphatic rings. The van der Waals surface area contributed by atoms with Gasteiger partial charge in [-0.2, -0.15) is 0 Å². The summed E-state index contributed by atoms with van der Waals surface area (Å²) in [6.45, 7) is 9.18. The van der Waals surface area contributed by atoms with Gasteiger partial charge in [0.1, 0.15) is 5.75 Å². The van der Waals surface area contributed by atoms with Crippen molar-refractivity contribution in [1.29, 1.82) is 0 Å². The van der Waals surface area contributed by atoms with Crippen LogP contribution < -0.4 is 10.1 Å². The van der Waals surface area contributed by atoms with E-state index in [1.807, 2.05) is 20.8 Å². The minimum atomic E-state index is -0.580. The molecule has 0 spiro atoms. The lowest BCUT2D eigenvalue weighted by atomic mass is 10.0. The first-order valence-electron chi connectivity index (χ1n) is 6.85. The molecule has 0 aromatic heterocycles. The zero-order valence-corrected chi connectivity index (χ0v) is 12.8. The predicted molar refractivity (Wildman–Crippen MR) is 79.0 cm³/mol. The van der Waals surface area contributed by atoms with Crippen molar-refractivity contribution in [3.63, 3.8) is 0 Å². The minimum Gasteiger partial charge on any atom is -0.481 e. The summed E-state index contributed by atoms with van der Waals surface area (Å²) in [6, 6.07) is 6.79. The lowest BCUT2D eigenvalue weighted by Crippen LogP contribution is -2.48. The van der Waals surface area contributed by atoms with Gasteiger partial charge in [-0.05, 0) is 58.4 Å². The fraction of sp³-hybridized carbons (Fsp3) is 0.500. The first-order valence-corrected chi connectivity index (χ1v) is 6.85. The van der Waals surface area contributed by atoms with Gasteiger partial charge in [0.05, 0.1) is 0 Å². The molecule has 0 aliphatic carbocycles. The average molecular weight is 277 g/mol. The Kier molecular flexibility index (Phi) is 5.31. The number of ketones is 1. The van der Waals surface area contributed by atoms with Gasteiger partial charge < -0.3 is 10.1 Å². The maximum absolute atomic E-state index is 12.0. The van der Waals surface area contributed by atoms with Crippen LogP contribution >= 0.6 is 0 Å². The quantitative estimate of drug-likeness (QED) is 0.813. The number of carbonyl (C=O) groups excluding carboxylic acids is 2. The molecule has 0 fully saturated rings. The summed E-state index contributed by atoms with van der Waals surface area (Å²) < 4.78 is 5.58. The Bertz CT molecular complexity index is 477. The van der Waals surface area contributed by atoms with Crippen LogP contribution in [0.5, 0.6) is 5.75 Å². The van der Waals surface area contributed by atoms with Crippen molar-refractivity contribution >= 4 is 11.7 Å². The summed E-state index contributed by atoms with van der Waals surface area (Å²) in [4.78, 5) is 23.2. The van der Waals surface area contributed by atoms with E-state index in [0.717, 1.165) is 6.42 Å². The van der Waals surface area contributed by atoms with Crippen LogP contribution in [0, 0.1) is 0 Å². The van der Waals surface area contributed by atoms with Crippen molar-refractivity contribution in [3.8, 4) is 5.75 Å². The van der Waals surface area contributed by atoms with Crippen LogP contribution in [0.25, 0.3) is 0 Å². The minimum absolute atomic E-state index is 0.00652. The van der Waals surface area contributed by atoms with Crippen LogP contribution in [0.4, 0.5) is 0 Å². The summed E-state index contributed by atoms with van der Waals surface area (Å²) in [7, 11) is 0. The van der Waals surface area contributed by atoms with Crippen LogP contribution in [-0.2, 0) is 4.79 Å². The third-order valence-corrected chi connectivity index (χ3v) is 3.29. The monoisotopic (exact) mass is 277 g/mol. The highest BCUT2D eigenvalue weighted by Gasteiger charge is 2.22. The maximum Gasteiger partial charge on any atom is 0.261 e. The van der Waals surface area contributed by atoms with Crippen molar-refractivity contribution in [2.45, 2.75) is 52.7 Å². The maximum atomic E-state index is 12.0. The van der Waals surface area contributed by atoms with Gasteiger partial charge in [0.2, 0.25) is 0 Å². The Hall–Kier alpha value is -1.84. The summed E-state index contributed by atoms with van der Waals surface area (Å²) in [5.74, 6) is 0.437. The fourth-order valence-corrected chi connectivity index (χ4v) is 1.55. The van der Waals surface area contributed by atoms with Gasteiger partial charge in [-0.25, -0.2) is 0 Å². The molecule has 0 heterocycles. The molecule has 1 amide bonds. The van der Waals surface area contributed by atoms with E-state index in [9.17, 15) is 9.59 Å². The van der Waals surface area contributed by atoms with Gasteiger partial charge in [-0.15, -0.1) is 0 Å². The molecule has 0 radical (unpaired) electrons. The summed E-state index contributed by atoms with van der Waals surface area (Å²) in [6.07, 6.45) is 0.266. The molecule has 0 bridgehead atoms. The first-order chi connectivity index (χ1) is 9.25. The van der Waals surface area contributed by atoms with Crippen LogP contribution in [-0.4, -0.2) is 23.3 Å². The lowest BCUT2D eigenvalue weighted by molar-refractivity contribution is -0.128. The van der Waals surface area contributed by atoms with E-state index >= 15 is 0 Å². The van der Waals surface area contributed by atoms with Crippen molar-refractivity contribution in [2.75, 3.05) is 0 Å². The molecule has 4 heteroatoms. The number of nitrogens with one attached hydrogen (secondary N) is 1. The standard InChI is InChI=1S/C16H23NO3/c1-6-16(4,5)17-15(19)12(3)20-14-9-7-13(8-10-14)11(2)18/h7-10,12H,6H2,1-5H3,(H,17,19). The van der Waals surface area contributed by atoms with E-state index in [-0.39, 0.29) is 17.2 Å². The van der Waals surface area contributed by atoms with E-state index in [1.165, 1.54) is 6.92 Å². The Labute approximate surface area is 120 Å². The number of hydrogen-bond donors (Lipinski definition) is 1. The topological polar surface area (TPSA) is 55.4 Å². The number of carbonyl (C=O) groups is 2. The highest BCUT2D eigenvalue weighted by atomic mass is 16.5. The van der Waals surface area contributed by atoms with Crippen molar-refractivity contribution in [1.82, 2.24) is 5.32 Å². The molecule has 1 rings (SSSR count). The first kappa shape index (κ1) is 16.2. The molecule has 1 atom stereocenters. The van der Waals surface area contributed by atoms with Crippen molar-refractivity contribution in [2.24, 2.45) is 0 Å². The van der Waals surface area contributed by atoms with Gasteiger partial charge in [0.15, 0.2) is 11.9 Å². The van der Waals surface area contributed by atoms with E-state index in [2.05, 4.69) is 5.32 Å². The van der Waals surface area contributed by atoms with Crippen LogP contribution in [0.15, 0.2) is 24.3 Å². The van der Waals surface area contributed by atoms with Gasteiger partial charge in [0, 0.05) is 11.1 Å². The molecular formula is C16H23NO3. The second-order valence-electron chi connectivity index (χ2n) is 5.57. The molecule has 20 heavy (non-hydrogen) atoms. The second kappa shape index (κ2) is 6.55. The van der Waals surface area contributed by atoms with E-state index in [1.54, 1.807) is 31.2 Å². The normalized spacial score (nSPS) is 12.7. The fourth-order valence-electron chi connectivity index (χ4n) is 1.55. The summed E-state index contributed by atoms with van der Waals surface area (Å²) >= 11 is 0. The van der Waals surface area contributed by atoms with Gasteiger partial charge in [0.25, 0.3) is 5.91 Å². The van der Waals surface area contributed by atoms with E-state index < -0.39 is 6.10 Å². The van der Waals surface area contributed by atoms with Gasteiger partial charge in [-0.3, -0.25) is 9.59 Å². The third-order valence-electron chi connectivity index (χ3n) is 3.29. The molecule has 4 nitrogen and oxygen atoms in total. The molecule has 1 unspecified atom stereocenters. The predicted octanol–water partition coefficient (Wildman–Crippen LogP) is 2.96. The SMILES string of the molecule is CCC(C)(C)NC(=O)C(C)Oc1ccc(C(C)=O)cc1. The number of ether oxygens (including phenoxy) is 1. The van der Waals surface area contributed by atoms with Crippen molar-refractivity contribution in [3.05, 3.63) is 29.8 Å². The Morgan fingerprint density at radius 2 is 1.80 bits per heavy atom. The molecular weight excluding hydrogens is 254 g/mol. The van der Waals surface area contributed by atoms with Crippen molar-refractivity contribution < 1.29 is 14.3 Å². The molecule has 0 saturated heterocycles. The van der Waals surface area contributed by atoms with E-state index in [0.29, 0.717) is 11.3 Å². The number of hydrogen-bond acceptors (Lipinski definition) is 3. The molecule has 110 valence electrons.